The summed E-state index contributed by atoms with van der Waals surface area (Å²) in [6.45, 7) is 11.3. The molecule has 0 spiro atoms. The number of nitrogens with one attached hydrogen (secondary N) is 2. The van der Waals surface area contributed by atoms with Crippen LogP contribution in [-0.4, -0.2) is 58.1 Å². The van der Waals surface area contributed by atoms with Crippen LogP contribution in [0.3, 0.4) is 0 Å². The Morgan fingerprint density at radius 3 is 2.53 bits per heavy atom. The van der Waals surface area contributed by atoms with Crippen molar-refractivity contribution < 1.29 is 17.5 Å². The lowest BCUT2D eigenvalue weighted by molar-refractivity contribution is 0.0899. The molecule has 4 aromatic heterocycles. The molecule has 0 aliphatic rings. The molecule has 6 aromatic rings. The van der Waals surface area contributed by atoms with Crippen molar-refractivity contribution in [2.24, 2.45) is 0 Å². The zero-order valence-corrected chi connectivity index (χ0v) is 30.0. The van der Waals surface area contributed by atoms with E-state index in [9.17, 15) is 13.2 Å². The second-order valence-corrected chi connectivity index (χ2v) is 20.7. The van der Waals surface area contributed by atoms with Crippen molar-refractivity contribution in [3.8, 4) is 16.8 Å². The van der Waals surface area contributed by atoms with Gasteiger partial charge in [0.05, 0.1) is 29.1 Å². The van der Waals surface area contributed by atoms with Crippen molar-refractivity contribution in [2.45, 2.75) is 52.3 Å². The molecule has 1 atom stereocenters. The molecule has 2 N–H and O–H groups in total. The Hall–Kier alpha value is -4.86. The number of fused-ring (bicyclic) bond motifs is 2. The molecule has 6 rings (SSSR count). The van der Waals surface area contributed by atoms with Crippen LogP contribution < -0.4 is 15.6 Å². The second-order valence-electron chi connectivity index (χ2n) is 13.4. The molecule has 0 aliphatic carbocycles. The standard InChI is InChI=1S/C34H39FN8O4SSi/c1-22-12-13-42-30(22)34(44)43(27-10-8-7-9-11-27)32(39-42)23(2)38-31-29-28(24-16-25(35)18-26(17-24)40-48(3,45)46)19-41(33(29)37-20-36-31)21-47-14-15-49(4,5)6/h7-13,16-20,23,40H,14-15,21H2,1-6H3,(H,36,37,38). The van der Waals surface area contributed by atoms with Crippen LogP contribution in [0.25, 0.3) is 33.4 Å². The first-order valence-corrected chi connectivity index (χ1v) is 21.4. The minimum Gasteiger partial charge on any atom is -0.361 e. The third kappa shape index (κ3) is 7.43. The van der Waals surface area contributed by atoms with Crippen molar-refractivity contribution in [2.75, 3.05) is 22.9 Å². The van der Waals surface area contributed by atoms with E-state index in [0.717, 1.165) is 23.9 Å². The molecule has 0 aliphatic heterocycles. The Kier molecular flexibility index (Phi) is 9.17. The Morgan fingerprint density at radius 2 is 1.82 bits per heavy atom. The van der Waals surface area contributed by atoms with Gasteiger partial charge in [0.25, 0.3) is 5.56 Å². The smallest absolute Gasteiger partial charge is 0.282 e. The van der Waals surface area contributed by atoms with Gasteiger partial charge in [-0.2, -0.15) is 5.10 Å². The highest BCUT2D eigenvalue weighted by Gasteiger charge is 2.24. The molecule has 49 heavy (non-hydrogen) atoms. The van der Waals surface area contributed by atoms with Gasteiger partial charge in [-0.25, -0.2) is 27.3 Å². The van der Waals surface area contributed by atoms with E-state index >= 15 is 4.39 Å². The van der Waals surface area contributed by atoms with Crippen LogP contribution >= 0.6 is 0 Å². The molecule has 1 unspecified atom stereocenters. The second kappa shape index (κ2) is 13.2. The van der Waals surface area contributed by atoms with Crippen LogP contribution in [-0.2, 0) is 21.5 Å². The van der Waals surface area contributed by atoms with Gasteiger partial charge in [-0.1, -0.05) is 37.8 Å². The number of sulfonamides is 1. The third-order valence-electron chi connectivity index (χ3n) is 8.06. The van der Waals surface area contributed by atoms with E-state index in [1.54, 1.807) is 27.5 Å². The monoisotopic (exact) mass is 702 g/mol. The van der Waals surface area contributed by atoms with E-state index in [2.05, 4.69) is 39.6 Å². The summed E-state index contributed by atoms with van der Waals surface area (Å²) in [4.78, 5) is 23.1. The maximum atomic E-state index is 15.0. The van der Waals surface area contributed by atoms with Gasteiger partial charge in [-0.3, -0.25) is 14.1 Å². The van der Waals surface area contributed by atoms with Crippen molar-refractivity contribution >= 4 is 46.2 Å². The van der Waals surface area contributed by atoms with Crippen molar-refractivity contribution in [3.05, 3.63) is 101 Å². The summed E-state index contributed by atoms with van der Waals surface area (Å²) < 4.78 is 52.5. The van der Waals surface area contributed by atoms with Gasteiger partial charge in [0, 0.05) is 32.6 Å². The van der Waals surface area contributed by atoms with E-state index in [1.807, 2.05) is 54.8 Å². The molecule has 15 heteroatoms. The number of rotatable bonds is 12. The van der Waals surface area contributed by atoms with Crippen molar-refractivity contribution in [3.63, 3.8) is 0 Å². The highest BCUT2D eigenvalue weighted by molar-refractivity contribution is 7.92. The normalized spacial score (nSPS) is 12.9. The van der Waals surface area contributed by atoms with Gasteiger partial charge in [0.15, 0.2) is 5.82 Å². The zero-order chi connectivity index (χ0) is 35.1. The molecule has 0 bridgehead atoms. The van der Waals surface area contributed by atoms with Crippen LogP contribution in [0.1, 0.15) is 24.4 Å². The Morgan fingerprint density at radius 1 is 1.06 bits per heavy atom. The predicted octanol–water partition coefficient (Wildman–Crippen LogP) is 6.20. The minimum atomic E-state index is -3.67. The van der Waals surface area contributed by atoms with Gasteiger partial charge in [0.2, 0.25) is 10.0 Å². The summed E-state index contributed by atoms with van der Waals surface area (Å²) >= 11 is 0. The summed E-state index contributed by atoms with van der Waals surface area (Å²) in [6, 6.07) is 15.6. The maximum Gasteiger partial charge on any atom is 0.282 e. The average molecular weight is 703 g/mol. The first kappa shape index (κ1) is 34.0. The Balaban J connectivity index is 1.48. The highest BCUT2D eigenvalue weighted by atomic mass is 32.2. The molecule has 0 saturated carbocycles. The van der Waals surface area contributed by atoms with Gasteiger partial charge in [-0.15, -0.1) is 0 Å². The van der Waals surface area contributed by atoms with Crippen LogP contribution in [0.5, 0.6) is 0 Å². The van der Waals surface area contributed by atoms with E-state index in [-0.39, 0.29) is 18.0 Å². The van der Waals surface area contributed by atoms with E-state index in [0.29, 0.717) is 51.6 Å². The van der Waals surface area contributed by atoms with Gasteiger partial charge in [-0.05, 0) is 67.4 Å². The quantitative estimate of drug-likeness (QED) is 0.114. The largest absolute Gasteiger partial charge is 0.361 e. The average Bonchev–Trinajstić information content (AvgIpc) is 3.59. The fraction of sp³-hybridized carbons (Fsp3) is 0.294. The molecule has 4 heterocycles. The highest BCUT2D eigenvalue weighted by Crippen LogP contribution is 2.37. The van der Waals surface area contributed by atoms with E-state index < -0.39 is 30.0 Å². The van der Waals surface area contributed by atoms with Crippen LogP contribution in [0.15, 0.2) is 78.1 Å². The SMILES string of the molecule is Cc1ccn2nc(C(C)Nc3ncnc4c3c(-c3cc(F)cc(NS(C)(=O)=O)c3)cn4COCC[Si](C)(C)C)n(-c3ccccc3)c(=O)c12. The first-order chi connectivity index (χ1) is 23.2. The fourth-order valence-corrected chi connectivity index (χ4v) is 7.02. The molecule has 0 radical (unpaired) electrons. The predicted molar refractivity (Wildman–Crippen MR) is 193 cm³/mol. The number of ether oxygens (including phenoxy) is 1. The van der Waals surface area contributed by atoms with E-state index in [1.165, 1.54) is 12.4 Å². The number of halogens is 1. The summed E-state index contributed by atoms with van der Waals surface area (Å²) in [5.74, 6) is 0.224. The third-order valence-corrected chi connectivity index (χ3v) is 10.4. The molecular weight excluding hydrogens is 664 g/mol. The lowest BCUT2D eigenvalue weighted by Crippen LogP contribution is -2.29. The minimum absolute atomic E-state index is 0.0795. The Bertz CT molecular complexity index is 2330. The molecule has 0 fully saturated rings. The van der Waals surface area contributed by atoms with Gasteiger partial charge >= 0.3 is 0 Å². The van der Waals surface area contributed by atoms with Crippen LogP contribution in [0, 0.1) is 12.7 Å². The number of hydrogen-bond acceptors (Lipinski definition) is 8. The number of para-hydroxylation sites is 1. The number of nitrogens with zero attached hydrogens (tertiary/aromatic N) is 6. The number of benzene rings is 2. The van der Waals surface area contributed by atoms with Gasteiger partial charge in [0.1, 0.15) is 35.9 Å². The number of aromatic nitrogens is 6. The Labute approximate surface area is 284 Å². The van der Waals surface area contributed by atoms with Crippen molar-refractivity contribution in [1.82, 2.24) is 28.7 Å². The zero-order valence-electron chi connectivity index (χ0n) is 28.2. The topological polar surface area (TPSA) is 137 Å². The summed E-state index contributed by atoms with van der Waals surface area (Å²) in [6.07, 6.45) is 5.99. The fourth-order valence-electron chi connectivity index (χ4n) is 5.72. The maximum absolute atomic E-state index is 15.0. The molecule has 12 nitrogen and oxygen atoms in total. The van der Waals surface area contributed by atoms with Crippen LogP contribution in [0.2, 0.25) is 25.7 Å². The molecule has 256 valence electrons. The lowest BCUT2D eigenvalue weighted by atomic mass is 10.0. The summed E-state index contributed by atoms with van der Waals surface area (Å²) in [7, 11) is -5.01. The van der Waals surface area contributed by atoms with Crippen LogP contribution in [0.4, 0.5) is 15.9 Å². The lowest BCUT2D eigenvalue weighted by Gasteiger charge is -2.20. The number of hydrogen-bond donors (Lipinski definition) is 2. The molecule has 2 aromatic carbocycles. The molecular formula is C34H39FN8O4SSi. The summed E-state index contributed by atoms with van der Waals surface area (Å²) in [5, 5.41) is 8.87. The van der Waals surface area contributed by atoms with E-state index in [4.69, 9.17) is 9.84 Å². The number of anilines is 2. The molecule has 0 amide bonds. The number of aryl methyl sites for hydroxylation is 1. The molecule has 0 saturated heterocycles. The summed E-state index contributed by atoms with van der Waals surface area (Å²) in [5.41, 5.74) is 3.30. The first-order valence-electron chi connectivity index (χ1n) is 15.8. The van der Waals surface area contributed by atoms with Gasteiger partial charge < -0.3 is 14.6 Å². The van der Waals surface area contributed by atoms with Crippen molar-refractivity contribution in [1.29, 1.82) is 0 Å².